The van der Waals surface area contributed by atoms with E-state index >= 15 is 0 Å². The van der Waals surface area contributed by atoms with Gasteiger partial charge in [0.15, 0.2) is 5.17 Å². The minimum absolute atomic E-state index is 0.218. The zero-order chi connectivity index (χ0) is 15.5. The van der Waals surface area contributed by atoms with Gasteiger partial charge in [-0.25, -0.2) is 9.38 Å². The second kappa shape index (κ2) is 6.19. The van der Waals surface area contributed by atoms with Crippen molar-refractivity contribution in [3.05, 3.63) is 65.5 Å². The van der Waals surface area contributed by atoms with Crippen LogP contribution < -0.4 is 0 Å². The van der Waals surface area contributed by atoms with Crippen LogP contribution in [0.3, 0.4) is 0 Å². The lowest BCUT2D eigenvalue weighted by atomic mass is 10.2. The molecule has 6 heteroatoms. The molecule has 1 aliphatic rings. The van der Waals surface area contributed by atoms with E-state index in [1.165, 1.54) is 35.1 Å². The molecule has 1 aromatic carbocycles. The Morgan fingerprint density at radius 1 is 1.36 bits per heavy atom. The van der Waals surface area contributed by atoms with E-state index in [0.29, 0.717) is 22.2 Å². The van der Waals surface area contributed by atoms with E-state index in [9.17, 15) is 9.18 Å². The molecule has 0 atom stereocenters. The molecule has 2 aromatic rings. The van der Waals surface area contributed by atoms with Gasteiger partial charge in [-0.3, -0.25) is 9.69 Å². The van der Waals surface area contributed by atoms with Crippen LogP contribution in [0, 0.1) is 5.82 Å². The van der Waals surface area contributed by atoms with Crippen molar-refractivity contribution in [1.29, 1.82) is 0 Å². The Bertz CT molecular complexity index is 753. The maximum atomic E-state index is 13.3. The van der Waals surface area contributed by atoms with Crippen LogP contribution >= 0.6 is 11.8 Å². The molecule has 1 aliphatic heterocycles. The van der Waals surface area contributed by atoms with Crippen LogP contribution in [0.25, 0.3) is 6.08 Å². The van der Waals surface area contributed by atoms with Crippen molar-refractivity contribution in [2.45, 2.75) is 6.54 Å². The highest BCUT2D eigenvalue weighted by Gasteiger charge is 2.30. The summed E-state index contributed by atoms with van der Waals surface area (Å²) >= 11 is 1.37. The Labute approximate surface area is 131 Å². The van der Waals surface area contributed by atoms with Gasteiger partial charge >= 0.3 is 0 Å². The van der Waals surface area contributed by atoms with Crippen molar-refractivity contribution in [2.75, 3.05) is 6.26 Å². The molecule has 0 unspecified atom stereocenters. The average molecular weight is 316 g/mol. The summed E-state index contributed by atoms with van der Waals surface area (Å²) in [6.07, 6.45) is 4.99. The Morgan fingerprint density at radius 2 is 2.23 bits per heavy atom. The number of halogens is 1. The average Bonchev–Trinajstić information content (AvgIpc) is 3.11. The third-order valence-corrected chi connectivity index (χ3v) is 3.82. The molecule has 0 spiro atoms. The molecule has 0 N–H and O–H groups in total. The maximum absolute atomic E-state index is 13.3. The first kappa shape index (κ1) is 14.6. The van der Waals surface area contributed by atoms with E-state index < -0.39 is 0 Å². The largest absolute Gasteiger partial charge is 0.465 e. The van der Waals surface area contributed by atoms with Crippen molar-refractivity contribution in [3.8, 4) is 0 Å². The zero-order valence-corrected chi connectivity index (χ0v) is 12.6. The summed E-state index contributed by atoms with van der Waals surface area (Å²) < 4.78 is 18.5. The number of benzene rings is 1. The predicted molar refractivity (Wildman–Crippen MR) is 84.6 cm³/mol. The predicted octanol–water partition coefficient (Wildman–Crippen LogP) is 3.52. The van der Waals surface area contributed by atoms with Crippen LogP contribution in [0.1, 0.15) is 11.3 Å². The van der Waals surface area contributed by atoms with Crippen LogP contribution in [0.2, 0.25) is 0 Å². The van der Waals surface area contributed by atoms with Crippen LogP contribution in [0.15, 0.2) is 57.8 Å². The number of rotatable bonds is 3. The van der Waals surface area contributed by atoms with Crippen LogP contribution in [0.5, 0.6) is 0 Å². The lowest BCUT2D eigenvalue weighted by Gasteiger charge is -2.16. The summed E-state index contributed by atoms with van der Waals surface area (Å²) in [4.78, 5) is 18.3. The zero-order valence-electron chi connectivity index (χ0n) is 11.8. The van der Waals surface area contributed by atoms with Gasteiger partial charge in [-0.05, 0) is 36.1 Å². The van der Waals surface area contributed by atoms with Crippen LogP contribution in [-0.2, 0) is 11.3 Å². The van der Waals surface area contributed by atoms with E-state index in [1.807, 2.05) is 6.26 Å². The Balaban J connectivity index is 1.86. The first-order valence-corrected chi connectivity index (χ1v) is 7.84. The van der Waals surface area contributed by atoms with Crippen molar-refractivity contribution in [3.63, 3.8) is 0 Å². The van der Waals surface area contributed by atoms with Gasteiger partial charge in [-0.1, -0.05) is 23.9 Å². The molecule has 0 bridgehead atoms. The highest BCUT2D eigenvalue weighted by molar-refractivity contribution is 8.13. The molecule has 0 saturated carbocycles. The molecule has 3 rings (SSSR count). The summed E-state index contributed by atoms with van der Waals surface area (Å²) in [6.45, 7) is 0.283. The summed E-state index contributed by atoms with van der Waals surface area (Å²) in [6, 6.07) is 9.70. The molecule has 0 saturated heterocycles. The Hall–Kier alpha value is -2.34. The summed E-state index contributed by atoms with van der Waals surface area (Å²) in [5.41, 5.74) is 1.03. The quantitative estimate of drug-likeness (QED) is 0.814. The molecular formula is C16H13FN2O2S. The number of hydrogen-bond acceptors (Lipinski definition) is 4. The normalized spacial score (nSPS) is 16.5. The highest BCUT2D eigenvalue weighted by Crippen LogP contribution is 2.24. The third kappa shape index (κ3) is 2.96. The molecular weight excluding hydrogens is 303 g/mol. The number of carbonyl (C=O) groups excluding carboxylic acids is 1. The lowest BCUT2D eigenvalue weighted by molar-refractivity contribution is -0.122. The van der Waals surface area contributed by atoms with Gasteiger partial charge in [-0.2, -0.15) is 0 Å². The SMILES string of the molecule is CSC1=N/C(=C\c2ccco2)C(=O)N1Cc1cccc(F)c1. The standard InChI is InChI=1S/C16H13FN2O2S/c1-22-16-18-14(9-13-6-3-7-21-13)15(20)19(16)10-11-4-2-5-12(17)8-11/h2-9H,10H2,1H3/b14-9-. The molecule has 1 amide bonds. The van der Waals surface area contributed by atoms with Crippen molar-refractivity contribution in [2.24, 2.45) is 4.99 Å². The second-order valence-electron chi connectivity index (χ2n) is 4.66. The number of amidine groups is 1. The van der Waals surface area contributed by atoms with E-state index in [-0.39, 0.29) is 18.3 Å². The molecule has 22 heavy (non-hydrogen) atoms. The molecule has 4 nitrogen and oxygen atoms in total. The summed E-state index contributed by atoms with van der Waals surface area (Å²) in [5, 5.41) is 0.590. The number of amides is 1. The van der Waals surface area contributed by atoms with Crippen LogP contribution in [0.4, 0.5) is 4.39 Å². The number of thioether (sulfide) groups is 1. The van der Waals surface area contributed by atoms with E-state index in [4.69, 9.17) is 4.42 Å². The van der Waals surface area contributed by atoms with Gasteiger partial charge in [0.2, 0.25) is 0 Å². The molecule has 1 aromatic heterocycles. The van der Waals surface area contributed by atoms with Gasteiger partial charge in [0.05, 0.1) is 12.8 Å². The minimum atomic E-state index is -0.321. The van der Waals surface area contributed by atoms with E-state index in [0.717, 1.165) is 0 Å². The fraction of sp³-hybridized carbons (Fsp3) is 0.125. The maximum Gasteiger partial charge on any atom is 0.278 e. The number of aliphatic imine (C=N–C) groups is 1. The van der Waals surface area contributed by atoms with E-state index in [2.05, 4.69) is 4.99 Å². The number of hydrogen-bond donors (Lipinski definition) is 0. The van der Waals surface area contributed by atoms with Crippen molar-refractivity contribution in [1.82, 2.24) is 4.90 Å². The van der Waals surface area contributed by atoms with E-state index in [1.54, 1.807) is 30.3 Å². The van der Waals surface area contributed by atoms with Gasteiger partial charge in [-0.15, -0.1) is 0 Å². The fourth-order valence-corrected chi connectivity index (χ4v) is 2.71. The first-order valence-electron chi connectivity index (χ1n) is 6.61. The molecule has 0 fully saturated rings. The molecule has 0 radical (unpaired) electrons. The lowest BCUT2D eigenvalue weighted by Crippen LogP contribution is -2.29. The third-order valence-electron chi connectivity index (χ3n) is 3.15. The fourth-order valence-electron chi connectivity index (χ4n) is 2.15. The summed E-state index contributed by atoms with van der Waals surface area (Å²) in [7, 11) is 0. The number of carbonyl (C=O) groups is 1. The second-order valence-corrected chi connectivity index (χ2v) is 5.44. The monoisotopic (exact) mass is 316 g/mol. The Morgan fingerprint density at radius 3 is 2.91 bits per heavy atom. The van der Waals surface area contributed by atoms with Crippen LogP contribution in [-0.4, -0.2) is 22.2 Å². The van der Waals surface area contributed by atoms with Gasteiger partial charge < -0.3 is 4.42 Å². The van der Waals surface area contributed by atoms with Crippen molar-refractivity contribution >= 4 is 28.9 Å². The molecule has 2 heterocycles. The highest BCUT2D eigenvalue weighted by atomic mass is 32.2. The topological polar surface area (TPSA) is 45.8 Å². The first-order chi connectivity index (χ1) is 10.7. The van der Waals surface area contributed by atoms with Gasteiger partial charge in [0, 0.05) is 6.08 Å². The smallest absolute Gasteiger partial charge is 0.278 e. The molecule has 112 valence electrons. The number of nitrogens with zero attached hydrogens (tertiary/aromatic N) is 2. The minimum Gasteiger partial charge on any atom is -0.465 e. The number of furan rings is 1. The van der Waals surface area contributed by atoms with Crippen molar-refractivity contribution < 1.29 is 13.6 Å². The van der Waals surface area contributed by atoms with Gasteiger partial charge in [0.1, 0.15) is 17.3 Å². The summed E-state index contributed by atoms with van der Waals surface area (Å²) in [5.74, 6) is 0.0308. The van der Waals surface area contributed by atoms with Gasteiger partial charge in [0.25, 0.3) is 5.91 Å². The molecule has 0 aliphatic carbocycles. The Kier molecular flexibility index (Phi) is 4.11.